The smallest absolute Gasteiger partial charge is 0.175 e. The fraction of sp³-hybridized carbons (Fsp3) is 0.160. The zero-order valence-corrected chi connectivity index (χ0v) is 15.6. The summed E-state index contributed by atoms with van der Waals surface area (Å²) in [6, 6.07) is 23.7. The van der Waals surface area contributed by atoms with Crippen LogP contribution in [-0.2, 0) is 0 Å². The van der Waals surface area contributed by atoms with Gasteiger partial charge in [0.05, 0.1) is 5.92 Å². The molecule has 4 rings (SSSR count). The van der Waals surface area contributed by atoms with Gasteiger partial charge in [-0.3, -0.25) is 14.4 Å². The predicted octanol–water partition coefficient (Wildman–Crippen LogP) is 5.05. The minimum Gasteiger partial charge on any atom is -0.294 e. The topological polar surface area (TPSA) is 51.2 Å². The Bertz CT molecular complexity index is 1030. The van der Waals surface area contributed by atoms with Gasteiger partial charge in [-0.15, -0.1) is 0 Å². The normalized spacial score (nSPS) is 14.8. The number of rotatable bonds is 5. The number of aryl methyl sites for hydroxylation is 1. The van der Waals surface area contributed by atoms with E-state index in [0.29, 0.717) is 16.7 Å². The molecular weight excluding hydrogens is 348 g/mol. The number of ketones is 3. The van der Waals surface area contributed by atoms with Crippen molar-refractivity contribution in [1.29, 1.82) is 0 Å². The summed E-state index contributed by atoms with van der Waals surface area (Å²) >= 11 is 0. The standard InChI is InChI=1S/C25H20O3/c1-16-9-5-6-12-18(16)22(26)15-21(17-10-3-2-4-11-17)23-24(27)19-13-7-8-14-20(19)25(23)28/h2-14,21,23H,15H2,1H3/t21-/m1/s1. The third kappa shape index (κ3) is 3.09. The Kier molecular flexibility index (Phi) is 4.74. The van der Waals surface area contributed by atoms with Gasteiger partial charge in [0, 0.05) is 29.0 Å². The van der Waals surface area contributed by atoms with Gasteiger partial charge in [-0.25, -0.2) is 0 Å². The van der Waals surface area contributed by atoms with E-state index in [2.05, 4.69) is 0 Å². The Hall–Kier alpha value is -3.33. The lowest BCUT2D eigenvalue weighted by molar-refractivity contribution is 0.0802. The molecule has 3 nitrogen and oxygen atoms in total. The van der Waals surface area contributed by atoms with E-state index >= 15 is 0 Å². The van der Waals surface area contributed by atoms with E-state index in [4.69, 9.17) is 0 Å². The van der Waals surface area contributed by atoms with E-state index < -0.39 is 11.8 Å². The molecule has 0 bridgehead atoms. The largest absolute Gasteiger partial charge is 0.294 e. The van der Waals surface area contributed by atoms with Crippen molar-refractivity contribution in [2.75, 3.05) is 0 Å². The van der Waals surface area contributed by atoms with Crippen molar-refractivity contribution >= 4 is 17.3 Å². The highest BCUT2D eigenvalue weighted by atomic mass is 16.2. The molecule has 1 aliphatic carbocycles. The van der Waals surface area contributed by atoms with Crippen molar-refractivity contribution in [1.82, 2.24) is 0 Å². The molecule has 0 saturated carbocycles. The average molecular weight is 368 g/mol. The number of benzene rings is 3. The molecule has 0 aliphatic heterocycles. The van der Waals surface area contributed by atoms with Gasteiger partial charge < -0.3 is 0 Å². The number of carbonyl (C=O) groups is 3. The molecule has 0 N–H and O–H groups in total. The van der Waals surface area contributed by atoms with E-state index in [9.17, 15) is 14.4 Å². The third-order valence-corrected chi connectivity index (χ3v) is 5.50. The molecule has 28 heavy (non-hydrogen) atoms. The summed E-state index contributed by atoms with van der Waals surface area (Å²) in [5.41, 5.74) is 3.29. The van der Waals surface area contributed by atoms with Crippen molar-refractivity contribution in [3.8, 4) is 0 Å². The molecule has 3 heteroatoms. The van der Waals surface area contributed by atoms with Crippen LogP contribution in [-0.4, -0.2) is 17.3 Å². The van der Waals surface area contributed by atoms with Crippen LogP contribution in [0.1, 0.15) is 54.5 Å². The maximum Gasteiger partial charge on any atom is 0.175 e. The maximum atomic E-state index is 13.1. The molecule has 0 radical (unpaired) electrons. The lowest BCUT2D eigenvalue weighted by atomic mass is 9.78. The summed E-state index contributed by atoms with van der Waals surface area (Å²) in [5.74, 6) is -1.77. The number of hydrogen-bond donors (Lipinski definition) is 0. The maximum absolute atomic E-state index is 13.1. The second-order valence-corrected chi connectivity index (χ2v) is 7.21. The van der Waals surface area contributed by atoms with E-state index in [1.165, 1.54) is 0 Å². The SMILES string of the molecule is Cc1ccccc1C(=O)C[C@H](c1ccccc1)C1C(=O)c2ccccc2C1=O. The van der Waals surface area contributed by atoms with Gasteiger partial charge in [0.1, 0.15) is 0 Å². The van der Waals surface area contributed by atoms with Crippen molar-refractivity contribution < 1.29 is 14.4 Å². The zero-order chi connectivity index (χ0) is 19.7. The Balaban J connectivity index is 1.74. The van der Waals surface area contributed by atoms with Crippen molar-refractivity contribution in [3.05, 3.63) is 107 Å². The third-order valence-electron chi connectivity index (χ3n) is 5.50. The minimum absolute atomic E-state index is 0.0523. The number of carbonyl (C=O) groups excluding carboxylic acids is 3. The van der Waals surface area contributed by atoms with Crippen LogP contribution in [0.3, 0.4) is 0 Å². The fourth-order valence-corrected chi connectivity index (χ4v) is 4.06. The van der Waals surface area contributed by atoms with Gasteiger partial charge in [0.15, 0.2) is 17.3 Å². The lowest BCUT2D eigenvalue weighted by Gasteiger charge is -2.22. The van der Waals surface area contributed by atoms with Crippen molar-refractivity contribution in [2.24, 2.45) is 5.92 Å². The summed E-state index contributed by atoms with van der Waals surface area (Å²) in [5, 5.41) is 0. The molecule has 0 spiro atoms. The number of Topliss-reactive ketones (excluding diaryl/α,β-unsaturated/α-hetero) is 3. The van der Waals surface area contributed by atoms with Crippen molar-refractivity contribution in [3.63, 3.8) is 0 Å². The average Bonchev–Trinajstić information content (AvgIpc) is 2.98. The molecule has 0 fully saturated rings. The summed E-state index contributed by atoms with van der Waals surface area (Å²) in [4.78, 5) is 39.2. The van der Waals surface area contributed by atoms with E-state index in [1.807, 2.05) is 55.5 Å². The van der Waals surface area contributed by atoms with Crippen LogP contribution in [0.4, 0.5) is 0 Å². The van der Waals surface area contributed by atoms with Crippen LogP contribution in [0.5, 0.6) is 0 Å². The second kappa shape index (κ2) is 7.35. The van der Waals surface area contributed by atoms with Crippen LogP contribution in [0.15, 0.2) is 78.9 Å². The molecule has 0 aromatic heterocycles. The van der Waals surface area contributed by atoms with E-state index in [0.717, 1.165) is 11.1 Å². The van der Waals surface area contributed by atoms with Gasteiger partial charge in [-0.2, -0.15) is 0 Å². The first-order valence-corrected chi connectivity index (χ1v) is 9.39. The van der Waals surface area contributed by atoms with Gasteiger partial charge in [-0.1, -0.05) is 78.9 Å². The Morgan fingerprint density at radius 3 is 1.93 bits per heavy atom. The second-order valence-electron chi connectivity index (χ2n) is 7.21. The van der Waals surface area contributed by atoms with Gasteiger partial charge in [-0.05, 0) is 18.1 Å². The van der Waals surface area contributed by atoms with Gasteiger partial charge in [0.25, 0.3) is 0 Å². The molecule has 0 amide bonds. The van der Waals surface area contributed by atoms with Crippen LogP contribution in [0, 0.1) is 12.8 Å². The van der Waals surface area contributed by atoms with Crippen LogP contribution in [0.2, 0.25) is 0 Å². The molecule has 0 unspecified atom stereocenters. The highest BCUT2D eigenvalue weighted by Crippen LogP contribution is 2.39. The Morgan fingerprint density at radius 2 is 1.32 bits per heavy atom. The van der Waals surface area contributed by atoms with Crippen molar-refractivity contribution in [2.45, 2.75) is 19.3 Å². The first kappa shape index (κ1) is 18.1. The monoisotopic (exact) mass is 368 g/mol. The molecule has 1 aliphatic rings. The molecule has 0 saturated heterocycles. The lowest BCUT2D eigenvalue weighted by Crippen LogP contribution is -2.26. The molecule has 3 aromatic rings. The highest BCUT2D eigenvalue weighted by Gasteiger charge is 2.44. The quantitative estimate of drug-likeness (QED) is 0.468. The summed E-state index contributed by atoms with van der Waals surface area (Å²) in [6.07, 6.45) is 0.116. The Morgan fingerprint density at radius 1 is 0.786 bits per heavy atom. The number of hydrogen-bond acceptors (Lipinski definition) is 3. The van der Waals surface area contributed by atoms with Crippen LogP contribution >= 0.6 is 0 Å². The van der Waals surface area contributed by atoms with Gasteiger partial charge >= 0.3 is 0 Å². The molecule has 0 heterocycles. The summed E-state index contributed by atoms with van der Waals surface area (Å²) < 4.78 is 0. The molecule has 138 valence electrons. The predicted molar refractivity (Wildman–Crippen MR) is 108 cm³/mol. The summed E-state index contributed by atoms with van der Waals surface area (Å²) in [6.45, 7) is 1.90. The van der Waals surface area contributed by atoms with E-state index in [1.54, 1.807) is 30.3 Å². The highest BCUT2D eigenvalue weighted by molar-refractivity contribution is 6.27. The fourth-order valence-electron chi connectivity index (χ4n) is 4.06. The first-order valence-electron chi connectivity index (χ1n) is 9.39. The number of fused-ring (bicyclic) bond motifs is 1. The molecule has 1 atom stereocenters. The van der Waals surface area contributed by atoms with Crippen LogP contribution in [0.25, 0.3) is 0 Å². The molecular formula is C25H20O3. The summed E-state index contributed by atoms with van der Waals surface area (Å²) in [7, 11) is 0. The zero-order valence-electron chi connectivity index (χ0n) is 15.6. The van der Waals surface area contributed by atoms with Gasteiger partial charge in [0.2, 0.25) is 0 Å². The first-order chi connectivity index (χ1) is 13.6. The molecule has 3 aromatic carbocycles. The van der Waals surface area contributed by atoms with Crippen LogP contribution < -0.4 is 0 Å². The minimum atomic E-state index is -0.854. The van der Waals surface area contributed by atoms with E-state index in [-0.39, 0.29) is 23.8 Å². The Labute approximate surface area is 164 Å².